The Morgan fingerprint density at radius 2 is 2.00 bits per heavy atom. The molecule has 0 aromatic heterocycles. The highest BCUT2D eigenvalue weighted by Crippen LogP contribution is 2.49. The minimum Gasteiger partial charge on any atom is -0.326 e. The molecule has 3 rings (SSSR count). The molecule has 0 aliphatic heterocycles. The average Bonchev–Trinajstić information content (AvgIpc) is 3.03. The Balaban J connectivity index is 1.51. The Kier molecular flexibility index (Phi) is 4.45. The van der Waals surface area contributed by atoms with Crippen LogP contribution in [0.4, 0.5) is 5.69 Å². The molecule has 2 nitrogen and oxygen atoms in total. The van der Waals surface area contributed by atoms with Crippen LogP contribution < -0.4 is 5.32 Å². The van der Waals surface area contributed by atoms with Crippen LogP contribution in [0.15, 0.2) is 24.3 Å². The number of anilines is 1. The number of aryl methyl sites for hydroxylation is 1. The number of hydrogen-bond acceptors (Lipinski definition) is 1. The van der Waals surface area contributed by atoms with Gasteiger partial charge < -0.3 is 5.32 Å². The summed E-state index contributed by atoms with van der Waals surface area (Å²) >= 11 is 3.44. The number of fused-ring (bicyclic) bond motifs is 2. The molecule has 2 aliphatic rings. The predicted molar refractivity (Wildman–Crippen MR) is 86.1 cm³/mol. The van der Waals surface area contributed by atoms with E-state index in [1.54, 1.807) is 0 Å². The van der Waals surface area contributed by atoms with E-state index >= 15 is 0 Å². The molecule has 1 aromatic rings. The van der Waals surface area contributed by atoms with Gasteiger partial charge in [-0.25, -0.2) is 0 Å². The van der Waals surface area contributed by atoms with Crippen LogP contribution in [0.2, 0.25) is 0 Å². The van der Waals surface area contributed by atoms with E-state index in [1.165, 1.54) is 31.2 Å². The van der Waals surface area contributed by atoms with E-state index in [1.807, 2.05) is 12.1 Å². The number of rotatable bonds is 5. The maximum atomic E-state index is 12.1. The van der Waals surface area contributed by atoms with E-state index in [2.05, 4.69) is 33.4 Å². The van der Waals surface area contributed by atoms with Crippen LogP contribution in [0.3, 0.4) is 0 Å². The van der Waals surface area contributed by atoms with Gasteiger partial charge in [-0.15, -0.1) is 0 Å². The molecule has 108 valence electrons. The summed E-state index contributed by atoms with van der Waals surface area (Å²) in [5.74, 6) is 2.57. The fourth-order valence-corrected chi connectivity index (χ4v) is 4.40. The van der Waals surface area contributed by atoms with Gasteiger partial charge in [0.25, 0.3) is 0 Å². The standard InChI is InChI=1S/C17H22BrNO/c18-8-7-12-2-5-16(6-3-12)19-17(20)11-15-10-13-1-4-14(15)9-13/h2-3,5-6,13-15H,1,4,7-11H2,(H,19,20). The van der Waals surface area contributed by atoms with Crippen molar-refractivity contribution in [2.45, 2.75) is 38.5 Å². The molecule has 0 radical (unpaired) electrons. The Morgan fingerprint density at radius 3 is 2.60 bits per heavy atom. The summed E-state index contributed by atoms with van der Waals surface area (Å²) < 4.78 is 0. The predicted octanol–water partition coefficient (Wildman–Crippen LogP) is 4.39. The second kappa shape index (κ2) is 6.30. The Labute approximate surface area is 129 Å². The topological polar surface area (TPSA) is 29.1 Å². The zero-order valence-corrected chi connectivity index (χ0v) is 13.4. The Hall–Kier alpha value is -0.830. The molecular formula is C17H22BrNO. The first-order valence-corrected chi connectivity index (χ1v) is 8.81. The van der Waals surface area contributed by atoms with Gasteiger partial charge in [0.1, 0.15) is 0 Å². The van der Waals surface area contributed by atoms with Crippen molar-refractivity contribution >= 4 is 27.5 Å². The van der Waals surface area contributed by atoms with Crippen LogP contribution in [0, 0.1) is 17.8 Å². The molecule has 2 fully saturated rings. The lowest BCUT2D eigenvalue weighted by molar-refractivity contribution is -0.117. The first-order chi connectivity index (χ1) is 9.74. The van der Waals surface area contributed by atoms with Crippen molar-refractivity contribution < 1.29 is 4.79 Å². The summed E-state index contributed by atoms with van der Waals surface area (Å²) in [6.45, 7) is 0. The molecule has 1 N–H and O–H groups in total. The summed E-state index contributed by atoms with van der Waals surface area (Å²) in [5.41, 5.74) is 2.23. The number of hydrogen-bond donors (Lipinski definition) is 1. The molecule has 1 amide bonds. The maximum Gasteiger partial charge on any atom is 0.224 e. The number of carbonyl (C=O) groups is 1. The van der Waals surface area contributed by atoms with E-state index in [9.17, 15) is 4.79 Å². The normalized spacial score (nSPS) is 27.8. The van der Waals surface area contributed by atoms with E-state index in [-0.39, 0.29) is 5.91 Å². The summed E-state index contributed by atoms with van der Waals surface area (Å²) in [7, 11) is 0. The molecule has 3 atom stereocenters. The second-order valence-corrected chi connectivity index (χ2v) is 7.12. The lowest BCUT2D eigenvalue weighted by atomic mass is 9.86. The molecular weight excluding hydrogens is 314 g/mol. The molecule has 3 unspecified atom stereocenters. The lowest BCUT2D eigenvalue weighted by Crippen LogP contribution is -2.20. The van der Waals surface area contributed by atoms with Crippen molar-refractivity contribution in [3.8, 4) is 0 Å². The number of alkyl halides is 1. The van der Waals surface area contributed by atoms with Crippen molar-refractivity contribution in [3.05, 3.63) is 29.8 Å². The summed E-state index contributed by atoms with van der Waals surface area (Å²) in [6.07, 6.45) is 7.15. The fraction of sp³-hybridized carbons (Fsp3) is 0.588. The quantitative estimate of drug-likeness (QED) is 0.794. The van der Waals surface area contributed by atoms with Gasteiger partial charge in [-0.05, 0) is 61.1 Å². The van der Waals surface area contributed by atoms with Crippen LogP contribution in [0.5, 0.6) is 0 Å². The third-order valence-corrected chi connectivity index (χ3v) is 5.35. The van der Waals surface area contributed by atoms with Crippen LogP contribution in [-0.2, 0) is 11.2 Å². The van der Waals surface area contributed by atoms with Crippen molar-refractivity contribution in [1.82, 2.24) is 0 Å². The van der Waals surface area contributed by atoms with E-state index in [4.69, 9.17) is 0 Å². The number of nitrogens with one attached hydrogen (secondary N) is 1. The van der Waals surface area contributed by atoms with Crippen LogP contribution >= 0.6 is 15.9 Å². The minimum atomic E-state index is 0.191. The molecule has 2 bridgehead atoms. The Morgan fingerprint density at radius 1 is 1.20 bits per heavy atom. The first kappa shape index (κ1) is 14.1. The number of carbonyl (C=O) groups excluding carboxylic acids is 1. The third-order valence-electron chi connectivity index (χ3n) is 4.95. The zero-order valence-electron chi connectivity index (χ0n) is 11.8. The molecule has 0 saturated heterocycles. The fourth-order valence-electron chi connectivity index (χ4n) is 3.94. The van der Waals surface area contributed by atoms with E-state index in [0.29, 0.717) is 12.3 Å². The highest BCUT2D eigenvalue weighted by molar-refractivity contribution is 9.09. The molecule has 20 heavy (non-hydrogen) atoms. The van der Waals surface area contributed by atoms with Crippen LogP contribution in [0.1, 0.15) is 37.7 Å². The second-order valence-electron chi connectivity index (χ2n) is 6.32. The van der Waals surface area contributed by atoms with Gasteiger partial charge >= 0.3 is 0 Å². The van der Waals surface area contributed by atoms with Gasteiger partial charge in [0.05, 0.1) is 0 Å². The number of benzene rings is 1. The van der Waals surface area contributed by atoms with Gasteiger partial charge in [-0.1, -0.05) is 34.5 Å². The molecule has 0 spiro atoms. The SMILES string of the molecule is O=C(CC1CC2CCC1C2)Nc1ccc(CCBr)cc1. The smallest absolute Gasteiger partial charge is 0.224 e. The zero-order chi connectivity index (χ0) is 13.9. The molecule has 0 heterocycles. The molecule has 2 saturated carbocycles. The first-order valence-electron chi connectivity index (χ1n) is 7.69. The van der Waals surface area contributed by atoms with E-state index in [0.717, 1.165) is 29.3 Å². The molecule has 2 aliphatic carbocycles. The minimum absolute atomic E-state index is 0.191. The van der Waals surface area contributed by atoms with Gasteiger partial charge in [0, 0.05) is 17.4 Å². The van der Waals surface area contributed by atoms with Crippen molar-refractivity contribution in [2.24, 2.45) is 17.8 Å². The van der Waals surface area contributed by atoms with Gasteiger partial charge in [-0.3, -0.25) is 4.79 Å². The largest absolute Gasteiger partial charge is 0.326 e. The van der Waals surface area contributed by atoms with Gasteiger partial charge in [-0.2, -0.15) is 0 Å². The monoisotopic (exact) mass is 335 g/mol. The third kappa shape index (κ3) is 3.25. The van der Waals surface area contributed by atoms with Crippen molar-refractivity contribution in [3.63, 3.8) is 0 Å². The summed E-state index contributed by atoms with van der Waals surface area (Å²) in [4.78, 5) is 12.1. The molecule has 1 aromatic carbocycles. The van der Waals surface area contributed by atoms with Crippen LogP contribution in [-0.4, -0.2) is 11.2 Å². The van der Waals surface area contributed by atoms with Gasteiger partial charge in [0.2, 0.25) is 5.91 Å². The highest BCUT2D eigenvalue weighted by Gasteiger charge is 2.40. The average molecular weight is 336 g/mol. The maximum absolute atomic E-state index is 12.1. The molecule has 3 heteroatoms. The summed E-state index contributed by atoms with van der Waals surface area (Å²) in [6, 6.07) is 8.20. The van der Waals surface area contributed by atoms with Crippen LogP contribution in [0.25, 0.3) is 0 Å². The van der Waals surface area contributed by atoms with Crippen molar-refractivity contribution in [2.75, 3.05) is 10.6 Å². The Bertz CT molecular complexity index is 470. The lowest BCUT2D eigenvalue weighted by Gasteiger charge is -2.20. The summed E-state index contributed by atoms with van der Waals surface area (Å²) in [5, 5.41) is 4.02. The van der Waals surface area contributed by atoms with E-state index < -0.39 is 0 Å². The van der Waals surface area contributed by atoms with Gasteiger partial charge in [0.15, 0.2) is 0 Å². The van der Waals surface area contributed by atoms with Crippen molar-refractivity contribution in [1.29, 1.82) is 0 Å². The number of amides is 1. The highest BCUT2D eigenvalue weighted by atomic mass is 79.9. The number of halogens is 1.